The number of hydrogen-bond acceptors (Lipinski definition) is 5. The molecule has 0 radical (unpaired) electrons. The molecule has 2 fully saturated rings. The molecule has 0 aromatic heterocycles. The first-order valence-electron chi connectivity index (χ1n) is 7.71. The summed E-state index contributed by atoms with van der Waals surface area (Å²) in [4.78, 5) is 23.0. The molecule has 0 spiro atoms. The SMILES string of the molecule is C=C1C(=O)OC2CC3(C)C(=CC12)C(C)CC(OC(C)=O)C3O. The van der Waals surface area contributed by atoms with E-state index in [9.17, 15) is 14.7 Å². The Morgan fingerprint density at radius 1 is 1.55 bits per heavy atom. The predicted octanol–water partition coefficient (Wildman–Crippen LogP) is 1.75. The zero-order valence-corrected chi connectivity index (χ0v) is 13.2. The van der Waals surface area contributed by atoms with Gasteiger partial charge in [0, 0.05) is 23.8 Å². The van der Waals surface area contributed by atoms with E-state index in [1.165, 1.54) is 6.92 Å². The van der Waals surface area contributed by atoms with E-state index < -0.39 is 17.6 Å². The van der Waals surface area contributed by atoms with Crippen LogP contribution in [0.5, 0.6) is 0 Å². The highest BCUT2D eigenvalue weighted by molar-refractivity contribution is 5.91. The summed E-state index contributed by atoms with van der Waals surface area (Å²) < 4.78 is 10.7. The predicted molar refractivity (Wildman–Crippen MR) is 78.7 cm³/mol. The van der Waals surface area contributed by atoms with Gasteiger partial charge in [-0.05, 0) is 18.8 Å². The fourth-order valence-corrected chi connectivity index (χ4v) is 4.30. The molecule has 3 aliphatic rings. The summed E-state index contributed by atoms with van der Waals surface area (Å²) in [6.45, 7) is 9.20. The molecule has 6 unspecified atom stereocenters. The second-order valence-electron chi connectivity index (χ2n) is 6.97. The number of ether oxygens (including phenoxy) is 2. The van der Waals surface area contributed by atoms with Gasteiger partial charge in [-0.1, -0.05) is 32.1 Å². The number of carbonyl (C=O) groups excluding carboxylic acids is 2. The van der Waals surface area contributed by atoms with Gasteiger partial charge in [-0.15, -0.1) is 0 Å². The molecule has 0 aromatic carbocycles. The van der Waals surface area contributed by atoms with E-state index in [4.69, 9.17) is 9.47 Å². The Labute approximate surface area is 130 Å². The molecular formula is C17H22O5. The quantitative estimate of drug-likeness (QED) is 0.454. The third kappa shape index (κ3) is 2.10. The number of esters is 2. The third-order valence-electron chi connectivity index (χ3n) is 5.41. The molecule has 1 saturated carbocycles. The van der Waals surface area contributed by atoms with Gasteiger partial charge in [-0.2, -0.15) is 0 Å². The second kappa shape index (κ2) is 4.95. The summed E-state index contributed by atoms with van der Waals surface area (Å²) in [6, 6.07) is 0. The van der Waals surface area contributed by atoms with Crippen molar-refractivity contribution < 1.29 is 24.2 Å². The molecule has 5 heteroatoms. The highest BCUT2D eigenvalue weighted by Crippen LogP contribution is 2.54. The van der Waals surface area contributed by atoms with Crippen molar-refractivity contribution >= 4 is 11.9 Å². The van der Waals surface area contributed by atoms with Crippen molar-refractivity contribution in [3.05, 3.63) is 23.8 Å². The molecule has 5 nitrogen and oxygen atoms in total. The van der Waals surface area contributed by atoms with Crippen LogP contribution in [0.15, 0.2) is 23.8 Å². The average molecular weight is 306 g/mol. The molecule has 0 amide bonds. The van der Waals surface area contributed by atoms with Crippen LogP contribution < -0.4 is 0 Å². The van der Waals surface area contributed by atoms with Crippen LogP contribution in [0.4, 0.5) is 0 Å². The van der Waals surface area contributed by atoms with Crippen LogP contribution in [0.1, 0.15) is 33.6 Å². The van der Waals surface area contributed by atoms with Crippen molar-refractivity contribution in [3.8, 4) is 0 Å². The van der Waals surface area contributed by atoms with Crippen LogP contribution in [0.25, 0.3) is 0 Å². The van der Waals surface area contributed by atoms with Crippen molar-refractivity contribution in [1.82, 2.24) is 0 Å². The van der Waals surface area contributed by atoms with E-state index in [1.807, 2.05) is 13.0 Å². The fourth-order valence-electron chi connectivity index (χ4n) is 4.30. The maximum absolute atomic E-state index is 11.7. The van der Waals surface area contributed by atoms with E-state index >= 15 is 0 Å². The minimum absolute atomic E-state index is 0.101. The van der Waals surface area contributed by atoms with Gasteiger partial charge in [0.2, 0.25) is 0 Å². The van der Waals surface area contributed by atoms with Crippen molar-refractivity contribution in [2.45, 2.75) is 51.9 Å². The van der Waals surface area contributed by atoms with Gasteiger partial charge in [0.15, 0.2) is 0 Å². The first kappa shape index (κ1) is 15.3. The zero-order valence-electron chi connectivity index (χ0n) is 13.2. The Hall–Kier alpha value is -1.62. The lowest BCUT2D eigenvalue weighted by Crippen LogP contribution is -2.54. The van der Waals surface area contributed by atoms with Crippen molar-refractivity contribution in [1.29, 1.82) is 0 Å². The molecule has 1 saturated heterocycles. The third-order valence-corrected chi connectivity index (χ3v) is 5.41. The minimum atomic E-state index is -0.799. The Kier molecular flexibility index (Phi) is 3.44. The standard InChI is InChI=1S/C17H22O5/c1-8-5-13(21-10(3)18)15(19)17(4)7-14-11(6-12(8)17)9(2)16(20)22-14/h6,8,11,13-15,19H,2,5,7H2,1,3-4H3. The van der Waals surface area contributed by atoms with Gasteiger partial charge < -0.3 is 14.6 Å². The average Bonchev–Trinajstić information content (AvgIpc) is 2.68. The van der Waals surface area contributed by atoms with Crippen LogP contribution in [0.2, 0.25) is 0 Å². The highest BCUT2D eigenvalue weighted by atomic mass is 16.6. The summed E-state index contributed by atoms with van der Waals surface area (Å²) in [5.74, 6) is -0.674. The van der Waals surface area contributed by atoms with Crippen LogP contribution in [-0.2, 0) is 19.1 Å². The van der Waals surface area contributed by atoms with Crippen LogP contribution in [0.3, 0.4) is 0 Å². The van der Waals surface area contributed by atoms with Gasteiger partial charge in [0.1, 0.15) is 18.3 Å². The van der Waals surface area contributed by atoms with Crippen molar-refractivity contribution in [2.75, 3.05) is 0 Å². The molecule has 0 aromatic rings. The molecule has 1 N–H and O–H groups in total. The number of carbonyl (C=O) groups is 2. The topological polar surface area (TPSA) is 72.8 Å². The van der Waals surface area contributed by atoms with Gasteiger partial charge in [-0.3, -0.25) is 4.79 Å². The molecule has 0 bridgehead atoms. The fraction of sp³-hybridized carbons (Fsp3) is 0.647. The van der Waals surface area contributed by atoms with Crippen LogP contribution in [-0.4, -0.2) is 35.4 Å². The zero-order chi connectivity index (χ0) is 16.2. The summed E-state index contributed by atoms with van der Waals surface area (Å²) in [5, 5.41) is 10.8. The Bertz CT molecular complexity index is 578. The molecule has 6 atom stereocenters. The minimum Gasteiger partial charge on any atom is -0.460 e. The lowest BCUT2D eigenvalue weighted by molar-refractivity contribution is -0.165. The summed E-state index contributed by atoms with van der Waals surface area (Å²) >= 11 is 0. The lowest BCUT2D eigenvalue weighted by Gasteiger charge is -2.50. The van der Waals surface area contributed by atoms with Gasteiger partial charge in [0.25, 0.3) is 0 Å². The normalized spacial score (nSPS) is 43.8. The number of fused-ring (bicyclic) bond motifs is 2. The molecule has 1 aliphatic heterocycles. The second-order valence-corrected chi connectivity index (χ2v) is 6.97. The molecule has 22 heavy (non-hydrogen) atoms. The summed E-state index contributed by atoms with van der Waals surface area (Å²) in [7, 11) is 0. The van der Waals surface area contributed by atoms with Crippen LogP contribution in [0, 0.1) is 17.3 Å². The van der Waals surface area contributed by atoms with E-state index in [1.54, 1.807) is 0 Å². The Morgan fingerprint density at radius 2 is 2.23 bits per heavy atom. The number of hydrogen-bond donors (Lipinski definition) is 1. The van der Waals surface area contributed by atoms with Crippen LogP contribution >= 0.6 is 0 Å². The number of rotatable bonds is 1. The Morgan fingerprint density at radius 3 is 2.86 bits per heavy atom. The molecular weight excluding hydrogens is 284 g/mol. The van der Waals surface area contributed by atoms with E-state index in [2.05, 4.69) is 13.5 Å². The molecule has 3 rings (SSSR count). The van der Waals surface area contributed by atoms with Gasteiger partial charge in [0.05, 0.1) is 0 Å². The van der Waals surface area contributed by atoms with E-state index in [0.717, 1.165) is 5.57 Å². The van der Waals surface area contributed by atoms with Crippen molar-refractivity contribution in [2.24, 2.45) is 17.3 Å². The maximum atomic E-state index is 11.7. The van der Waals surface area contributed by atoms with Crippen molar-refractivity contribution in [3.63, 3.8) is 0 Å². The summed E-state index contributed by atoms with van der Waals surface area (Å²) in [6.07, 6.45) is 1.54. The Balaban J connectivity index is 1.96. The number of aliphatic hydroxyl groups excluding tert-OH is 1. The van der Waals surface area contributed by atoms with Gasteiger partial charge in [-0.25, -0.2) is 4.79 Å². The molecule has 1 heterocycles. The van der Waals surface area contributed by atoms with E-state index in [-0.39, 0.29) is 29.9 Å². The smallest absolute Gasteiger partial charge is 0.334 e. The highest BCUT2D eigenvalue weighted by Gasteiger charge is 2.55. The lowest BCUT2D eigenvalue weighted by atomic mass is 9.58. The molecule has 120 valence electrons. The first-order valence-corrected chi connectivity index (χ1v) is 7.71. The molecule has 2 aliphatic carbocycles. The monoisotopic (exact) mass is 306 g/mol. The largest absolute Gasteiger partial charge is 0.460 e. The number of aliphatic hydroxyl groups is 1. The maximum Gasteiger partial charge on any atom is 0.334 e. The first-order chi connectivity index (χ1) is 10.2. The van der Waals surface area contributed by atoms with Gasteiger partial charge >= 0.3 is 11.9 Å². The van der Waals surface area contributed by atoms with E-state index in [0.29, 0.717) is 18.4 Å². The summed E-state index contributed by atoms with van der Waals surface area (Å²) in [5.41, 5.74) is 1.05.